The van der Waals surface area contributed by atoms with E-state index >= 15 is 0 Å². The number of fused-ring (bicyclic) bond motifs is 1. The van der Waals surface area contributed by atoms with E-state index in [1.165, 1.54) is 15.7 Å². The second-order valence-electron chi connectivity index (χ2n) is 4.44. The van der Waals surface area contributed by atoms with Crippen molar-refractivity contribution in [1.82, 2.24) is 9.38 Å². The van der Waals surface area contributed by atoms with E-state index in [2.05, 4.69) is 15.1 Å². The van der Waals surface area contributed by atoms with Crippen molar-refractivity contribution in [2.24, 2.45) is 5.84 Å². The maximum Gasteiger partial charge on any atom is 0.281 e. The molecule has 3 rings (SSSR count). The number of hydrogen-bond acceptors (Lipinski definition) is 6. The van der Waals surface area contributed by atoms with E-state index in [1.54, 1.807) is 23.7 Å². The van der Waals surface area contributed by atoms with Crippen LogP contribution >= 0.6 is 11.3 Å². The molecule has 1 aromatic carbocycles. The van der Waals surface area contributed by atoms with Gasteiger partial charge in [-0.3, -0.25) is 9.12 Å². The third-order valence-electron chi connectivity index (χ3n) is 2.91. The Balaban J connectivity index is 2.07. The van der Waals surface area contributed by atoms with E-state index in [0.717, 1.165) is 5.56 Å². The van der Waals surface area contributed by atoms with Crippen molar-refractivity contribution >= 4 is 37.8 Å². The smallest absolute Gasteiger partial charge is 0.281 e. The molecule has 0 saturated heterocycles. The number of nitrogens with zero attached hydrogens (tertiary/aromatic N) is 2. The van der Waals surface area contributed by atoms with Crippen LogP contribution in [0.1, 0.15) is 5.56 Å². The molecule has 4 N–H and O–H groups in total. The number of hydrogen-bond donors (Lipinski definition) is 3. The molecule has 0 fully saturated rings. The molecule has 0 bridgehead atoms. The van der Waals surface area contributed by atoms with Gasteiger partial charge in [0.15, 0.2) is 10.8 Å². The highest BCUT2D eigenvalue weighted by molar-refractivity contribution is 7.92. The van der Waals surface area contributed by atoms with Crippen LogP contribution in [0.15, 0.2) is 40.9 Å². The van der Waals surface area contributed by atoms with Gasteiger partial charge in [0.25, 0.3) is 10.0 Å². The number of benzene rings is 1. The van der Waals surface area contributed by atoms with E-state index in [1.807, 2.05) is 19.1 Å². The van der Waals surface area contributed by atoms with Gasteiger partial charge in [0.05, 0.1) is 0 Å². The molecule has 21 heavy (non-hydrogen) atoms. The number of nitrogens with two attached hydrogens (primary N) is 1. The first-order valence-corrected chi connectivity index (χ1v) is 8.39. The predicted octanol–water partition coefficient (Wildman–Crippen LogP) is 1.79. The Labute approximate surface area is 125 Å². The molecule has 9 heteroatoms. The van der Waals surface area contributed by atoms with Crippen LogP contribution in [0, 0.1) is 6.92 Å². The SMILES string of the molecule is Cc1ccc(NS(=O)(=O)c2c(NN)nc3sccn23)cc1. The Morgan fingerprint density at radius 2 is 2.00 bits per heavy atom. The Kier molecular flexibility index (Phi) is 3.32. The van der Waals surface area contributed by atoms with Crippen LogP contribution < -0.4 is 16.0 Å². The van der Waals surface area contributed by atoms with Crippen LogP contribution in [0.3, 0.4) is 0 Å². The lowest BCUT2D eigenvalue weighted by Gasteiger charge is -2.09. The van der Waals surface area contributed by atoms with Crippen molar-refractivity contribution in [3.63, 3.8) is 0 Å². The van der Waals surface area contributed by atoms with Gasteiger partial charge in [-0.05, 0) is 19.1 Å². The quantitative estimate of drug-likeness (QED) is 0.502. The number of anilines is 2. The summed E-state index contributed by atoms with van der Waals surface area (Å²) in [5.41, 5.74) is 3.86. The summed E-state index contributed by atoms with van der Waals surface area (Å²) in [6.07, 6.45) is 1.64. The molecule has 0 atom stereocenters. The second kappa shape index (κ2) is 5.02. The van der Waals surface area contributed by atoms with Crippen LogP contribution in [0.2, 0.25) is 0 Å². The Morgan fingerprint density at radius 3 is 2.67 bits per heavy atom. The number of nitrogens with one attached hydrogen (secondary N) is 2. The molecule has 2 heterocycles. The number of hydrazine groups is 1. The maximum atomic E-state index is 12.6. The fourth-order valence-corrected chi connectivity index (χ4v) is 4.02. The summed E-state index contributed by atoms with van der Waals surface area (Å²) in [6, 6.07) is 7.07. The lowest BCUT2D eigenvalue weighted by molar-refractivity contribution is 0.597. The fraction of sp³-hybridized carbons (Fsp3) is 0.0833. The van der Waals surface area contributed by atoms with Gasteiger partial charge in [-0.25, -0.2) is 5.84 Å². The van der Waals surface area contributed by atoms with Gasteiger partial charge in [-0.2, -0.15) is 13.4 Å². The molecular formula is C12H13N5O2S2. The molecular weight excluding hydrogens is 310 g/mol. The number of nitrogen functional groups attached to an aromatic ring is 1. The number of aryl methyl sites for hydroxylation is 1. The molecule has 0 spiro atoms. The number of imidazole rings is 1. The van der Waals surface area contributed by atoms with Gasteiger partial charge in [-0.1, -0.05) is 17.7 Å². The maximum absolute atomic E-state index is 12.6. The normalized spacial score (nSPS) is 11.7. The van der Waals surface area contributed by atoms with Crippen molar-refractivity contribution < 1.29 is 8.42 Å². The van der Waals surface area contributed by atoms with Crippen LogP contribution in [0.25, 0.3) is 4.96 Å². The molecule has 0 unspecified atom stereocenters. The topological polar surface area (TPSA) is 102 Å². The van der Waals surface area contributed by atoms with Gasteiger partial charge >= 0.3 is 0 Å². The molecule has 0 radical (unpaired) electrons. The van der Waals surface area contributed by atoms with E-state index in [9.17, 15) is 8.42 Å². The minimum absolute atomic E-state index is 0.0122. The van der Waals surface area contributed by atoms with E-state index in [0.29, 0.717) is 10.6 Å². The zero-order valence-electron chi connectivity index (χ0n) is 11.1. The van der Waals surface area contributed by atoms with Gasteiger partial charge in [-0.15, -0.1) is 11.3 Å². The molecule has 0 saturated carbocycles. The molecule has 110 valence electrons. The average Bonchev–Trinajstić information content (AvgIpc) is 3.00. The van der Waals surface area contributed by atoms with Crippen LogP contribution in [0.4, 0.5) is 11.5 Å². The zero-order chi connectivity index (χ0) is 15.0. The van der Waals surface area contributed by atoms with Crippen molar-refractivity contribution in [2.45, 2.75) is 11.9 Å². The molecule has 3 aromatic rings. The van der Waals surface area contributed by atoms with Crippen molar-refractivity contribution in [2.75, 3.05) is 10.1 Å². The average molecular weight is 323 g/mol. The monoisotopic (exact) mass is 323 g/mol. The number of thiazole rings is 1. The first kappa shape index (κ1) is 13.9. The zero-order valence-corrected chi connectivity index (χ0v) is 12.7. The molecule has 0 aliphatic carbocycles. The Morgan fingerprint density at radius 1 is 1.29 bits per heavy atom. The molecule has 2 aromatic heterocycles. The van der Waals surface area contributed by atoms with Crippen LogP contribution in [-0.4, -0.2) is 17.8 Å². The highest BCUT2D eigenvalue weighted by atomic mass is 32.2. The third-order valence-corrected chi connectivity index (χ3v) is 5.07. The number of sulfonamides is 1. The minimum atomic E-state index is -3.81. The van der Waals surface area contributed by atoms with Crippen molar-refractivity contribution in [1.29, 1.82) is 0 Å². The van der Waals surface area contributed by atoms with Crippen molar-refractivity contribution in [3.8, 4) is 0 Å². The highest BCUT2D eigenvalue weighted by Crippen LogP contribution is 2.26. The predicted molar refractivity (Wildman–Crippen MR) is 82.9 cm³/mol. The lowest BCUT2D eigenvalue weighted by atomic mass is 10.2. The molecule has 0 amide bonds. The summed E-state index contributed by atoms with van der Waals surface area (Å²) in [5.74, 6) is 5.48. The minimum Gasteiger partial charge on any atom is -0.306 e. The second-order valence-corrected chi connectivity index (χ2v) is 6.91. The fourth-order valence-electron chi connectivity index (χ4n) is 1.94. The van der Waals surface area contributed by atoms with E-state index < -0.39 is 10.0 Å². The highest BCUT2D eigenvalue weighted by Gasteiger charge is 2.25. The van der Waals surface area contributed by atoms with Crippen LogP contribution in [-0.2, 0) is 10.0 Å². The standard InChI is InChI=1S/C12H13N5O2S2/c1-8-2-4-9(5-3-8)16-21(18,19)11-10(15-13)14-12-17(11)6-7-20-12/h2-7,15-16H,13H2,1H3. The van der Waals surface area contributed by atoms with Gasteiger partial charge < -0.3 is 5.43 Å². The number of rotatable bonds is 4. The number of aromatic nitrogens is 2. The largest absolute Gasteiger partial charge is 0.306 e. The summed E-state index contributed by atoms with van der Waals surface area (Å²) >= 11 is 1.33. The van der Waals surface area contributed by atoms with E-state index in [4.69, 9.17) is 5.84 Å². The summed E-state index contributed by atoms with van der Waals surface area (Å²) in [5, 5.41) is 1.75. The van der Waals surface area contributed by atoms with Crippen molar-refractivity contribution in [3.05, 3.63) is 41.4 Å². The summed E-state index contributed by atoms with van der Waals surface area (Å²) in [4.78, 5) is 4.69. The summed E-state index contributed by atoms with van der Waals surface area (Å²) < 4.78 is 29.2. The van der Waals surface area contributed by atoms with Gasteiger partial charge in [0, 0.05) is 17.3 Å². The summed E-state index contributed by atoms with van der Waals surface area (Å²) in [7, 11) is -3.81. The van der Waals surface area contributed by atoms with Crippen LogP contribution in [0.5, 0.6) is 0 Å². The lowest BCUT2D eigenvalue weighted by Crippen LogP contribution is -2.18. The summed E-state index contributed by atoms with van der Waals surface area (Å²) in [6.45, 7) is 1.93. The first-order valence-electron chi connectivity index (χ1n) is 6.03. The third kappa shape index (κ3) is 2.46. The molecule has 0 aliphatic rings. The Bertz CT molecular complexity index is 880. The first-order chi connectivity index (χ1) is 10.0. The van der Waals surface area contributed by atoms with Gasteiger partial charge in [0.1, 0.15) is 0 Å². The molecule has 7 nitrogen and oxygen atoms in total. The molecule has 0 aliphatic heterocycles. The van der Waals surface area contributed by atoms with Gasteiger partial charge in [0.2, 0.25) is 5.03 Å². The Hall–Kier alpha value is -2.10. The van der Waals surface area contributed by atoms with E-state index in [-0.39, 0.29) is 10.8 Å².